The van der Waals surface area contributed by atoms with Gasteiger partial charge in [0.05, 0.1) is 6.04 Å². The maximum absolute atomic E-state index is 12.0. The second-order valence-electron chi connectivity index (χ2n) is 4.24. The van der Waals surface area contributed by atoms with Crippen molar-refractivity contribution in [3.63, 3.8) is 0 Å². The average molecular weight is 269 g/mol. The highest BCUT2D eigenvalue weighted by Gasteiger charge is 2.27. The first-order valence-electron chi connectivity index (χ1n) is 6.09. The van der Waals surface area contributed by atoms with Crippen LogP contribution in [0.15, 0.2) is 24.3 Å². The van der Waals surface area contributed by atoms with Gasteiger partial charge in [-0.25, -0.2) is 0 Å². The van der Waals surface area contributed by atoms with Crippen LogP contribution in [0.5, 0.6) is 5.75 Å². The fourth-order valence-corrected chi connectivity index (χ4v) is 2.10. The molecule has 0 spiro atoms. The summed E-state index contributed by atoms with van der Waals surface area (Å²) in [4.78, 5) is 13.9. The Labute approximate surface area is 112 Å². The fraction of sp³-hybridized carbons (Fsp3) is 0.462. The van der Waals surface area contributed by atoms with Crippen LogP contribution >= 0.6 is 11.6 Å². The maximum Gasteiger partial charge on any atom is 0.260 e. The van der Waals surface area contributed by atoms with Gasteiger partial charge < -0.3 is 15.0 Å². The smallest absolute Gasteiger partial charge is 0.260 e. The van der Waals surface area contributed by atoms with Crippen LogP contribution < -0.4 is 10.1 Å². The highest BCUT2D eigenvalue weighted by atomic mass is 35.5. The van der Waals surface area contributed by atoms with Crippen LogP contribution in [0.2, 0.25) is 5.02 Å². The summed E-state index contributed by atoms with van der Waals surface area (Å²) < 4.78 is 5.45. The Morgan fingerprint density at radius 3 is 2.89 bits per heavy atom. The quantitative estimate of drug-likeness (QED) is 0.881. The molecule has 0 aliphatic carbocycles. The number of halogens is 1. The number of nitrogens with zero attached hydrogens (tertiary/aromatic N) is 1. The summed E-state index contributed by atoms with van der Waals surface area (Å²) in [6.07, 6.45) is 0. The molecule has 1 amide bonds. The third kappa shape index (κ3) is 3.15. The lowest BCUT2D eigenvalue weighted by Gasteiger charge is -2.37. The fourth-order valence-electron chi connectivity index (χ4n) is 1.92. The van der Waals surface area contributed by atoms with Gasteiger partial charge in [0, 0.05) is 24.7 Å². The summed E-state index contributed by atoms with van der Waals surface area (Å²) in [5.74, 6) is 0.641. The first kappa shape index (κ1) is 13.2. The average Bonchev–Trinajstić information content (AvgIpc) is 2.30. The van der Waals surface area contributed by atoms with Crippen LogP contribution in [-0.4, -0.2) is 43.1 Å². The number of carbonyl (C=O) groups excluding carboxylic acids is 1. The van der Waals surface area contributed by atoms with Gasteiger partial charge in [-0.15, -0.1) is 0 Å². The van der Waals surface area contributed by atoms with Crippen LogP contribution in [0.1, 0.15) is 6.92 Å². The number of hydrogen-bond donors (Lipinski definition) is 1. The topological polar surface area (TPSA) is 41.6 Å². The van der Waals surface area contributed by atoms with Crippen molar-refractivity contribution >= 4 is 17.5 Å². The van der Waals surface area contributed by atoms with Crippen LogP contribution in [0, 0.1) is 0 Å². The Balaban J connectivity index is 1.86. The number of carbonyl (C=O) groups is 1. The number of ether oxygens (including phenoxy) is 1. The monoisotopic (exact) mass is 268 g/mol. The zero-order chi connectivity index (χ0) is 13.0. The number of hydrogen-bond acceptors (Lipinski definition) is 3. The van der Waals surface area contributed by atoms with E-state index in [4.69, 9.17) is 16.3 Å². The Kier molecular flexibility index (Phi) is 4.44. The van der Waals surface area contributed by atoms with E-state index in [1.165, 1.54) is 0 Å². The molecule has 1 fully saturated rings. The lowest BCUT2D eigenvalue weighted by Crippen LogP contribution is -2.59. The van der Waals surface area contributed by atoms with Gasteiger partial charge in [-0.3, -0.25) is 4.79 Å². The van der Waals surface area contributed by atoms with Gasteiger partial charge in [-0.05, 0) is 25.1 Å². The van der Waals surface area contributed by atoms with Crippen LogP contribution in [0.25, 0.3) is 0 Å². The van der Waals surface area contributed by atoms with E-state index in [1.54, 1.807) is 24.3 Å². The summed E-state index contributed by atoms with van der Waals surface area (Å²) in [7, 11) is 0. The Hall–Kier alpha value is -1.26. The molecule has 1 heterocycles. The third-order valence-electron chi connectivity index (χ3n) is 3.02. The maximum atomic E-state index is 12.0. The normalized spacial score (nSPS) is 15.0. The molecule has 0 aromatic heterocycles. The lowest BCUT2D eigenvalue weighted by atomic mass is 10.1. The second-order valence-corrected chi connectivity index (χ2v) is 4.67. The zero-order valence-corrected chi connectivity index (χ0v) is 11.1. The summed E-state index contributed by atoms with van der Waals surface area (Å²) in [5, 5.41) is 3.77. The van der Waals surface area contributed by atoms with Crippen LogP contribution in [0.4, 0.5) is 0 Å². The Morgan fingerprint density at radius 1 is 1.56 bits per heavy atom. The molecular weight excluding hydrogens is 252 g/mol. The van der Waals surface area contributed by atoms with E-state index in [2.05, 4.69) is 5.32 Å². The second kappa shape index (κ2) is 6.07. The predicted molar refractivity (Wildman–Crippen MR) is 71.0 cm³/mol. The SMILES string of the molecule is CCN(C(=O)COc1cccc(Cl)c1)C1CNC1. The predicted octanol–water partition coefficient (Wildman–Crippen LogP) is 1.54. The zero-order valence-electron chi connectivity index (χ0n) is 10.4. The van der Waals surface area contributed by atoms with Crippen LogP contribution in [-0.2, 0) is 4.79 Å². The van der Waals surface area contributed by atoms with Gasteiger partial charge in [-0.2, -0.15) is 0 Å². The molecule has 1 saturated heterocycles. The van der Waals surface area contributed by atoms with E-state index in [0.717, 1.165) is 13.1 Å². The summed E-state index contributed by atoms with van der Waals surface area (Å²) in [6.45, 7) is 4.50. The molecule has 0 saturated carbocycles. The molecule has 98 valence electrons. The molecule has 0 unspecified atom stereocenters. The first-order valence-corrected chi connectivity index (χ1v) is 6.47. The molecule has 1 aromatic carbocycles. The molecule has 0 bridgehead atoms. The molecule has 0 atom stereocenters. The van der Waals surface area contributed by atoms with Crippen molar-refractivity contribution in [1.82, 2.24) is 10.2 Å². The minimum atomic E-state index is 0.0176. The van der Waals surface area contributed by atoms with Crippen molar-refractivity contribution in [3.05, 3.63) is 29.3 Å². The van der Waals surface area contributed by atoms with Crippen molar-refractivity contribution in [2.24, 2.45) is 0 Å². The third-order valence-corrected chi connectivity index (χ3v) is 3.26. The van der Waals surface area contributed by atoms with Gasteiger partial charge >= 0.3 is 0 Å². The molecule has 1 N–H and O–H groups in total. The molecule has 1 aromatic rings. The molecule has 1 aliphatic heterocycles. The molecule has 2 rings (SSSR count). The van der Waals surface area contributed by atoms with Gasteiger partial charge in [-0.1, -0.05) is 17.7 Å². The highest BCUT2D eigenvalue weighted by molar-refractivity contribution is 6.30. The number of nitrogens with one attached hydrogen (secondary N) is 1. The Morgan fingerprint density at radius 2 is 2.33 bits per heavy atom. The van der Waals surface area contributed by atoms with Crippen molar-refractivity contribution in [1.29, 1.82) is 0 Å². The number of likely N-dealkylation sites (N-methyl/N-ethyl adjacent to an activating group) is 1. The van der Waals surface area contributed by atoms with Gasteiger partial charge in [0.25, 0.3) is 5.91 Å². The van der Waals surface area contributed by atoms with E-state index in [0.29, 0.717) is 23.4 Å². The molecule has 18 heavy (non-hydrogen) atoms. The standard InChI is InChI=1S/C13H17ClN2O2/c1-2-16(11-7-15-8-11)13(17)9-18-12-5-3-4-10(14)6-12/h3-6,11,15H,2,7-9H2,1H3. The van der Waals surface area contributed by atoms with E-state index in [-0.39, 0.29) is 12.5 Å². The minimum absolute atomic E-state index is 0.0176. The largest absolute Gasteiger partial charge is 0.484 e. The summed E-state index contributed by atoms with van der Waals surface area (Å²) >= 11 is 5.85. The first-order chi connectivity index (χ1) is 8.70. The van der Waals surface area contributed by atoms with Crippen molar-refractivity contribution < 1.29 is 9.53 Å². The lowest BCUT2D eigenvalue weighted by molar-refractivity contribution is -0.136. The molecule has 1 aliphatic rings. The number of benzene rings is 1. The van der Waals surface area contributed by atoms with E-state index in [9.17, 15) is 4.79 Å². The van der Waals surface area contributed by atoms with E-state index < -0.39 is 0 Å². The summed E-state index contributed by atoms with van der Waals surface area (Å²) in [6, 6.07) is 7.38. The van der Waals surface area contributed by atoms with Gasteiger partial charge in [0.2, 0.25) is 0 Å². The molecular formula is C13H17ClN2O2. The van der Waals surface area contributed by atoms with Gasteiger partial charge in [0.1, 0.15) is 5.75 Å². The van der Waals surface area contributed by atoms with Crippen molar-refractivity contribution in [2.75, 3.05) is 26.2 Å². The number of amides is 1. The highest BCUT2D eigenvalue weighted by Crippen LogP contribution is 2.17. The molecule has 5 heteroatoms. The van der Waals surface area contributed by atoms with E-state index >= 15 is 0 Å². The summed E-state index contributed by atoms with van der Waals surface area (Å²) in [5.41, 5.74) is 0. The van der Waals surface area contributed by atoms with E-state index in [1.807, 2.05) is 11.8 Å². The Bertz CT molecular complexity index is 421. The van der Waals surface area contributed by atoms with Crippen molar-refractivity contribution in [2.45, 2.75) is 13.0 Å². The number of rotatable bonds is 5. The molecule has 4 nitrogen and oxygen atoms in total. The van der Waals surface area contributed by atoms with Crippen LogP contribution in [0.3, 0.4) is 0 Å². The molecule has 0 radical (unpaired) electrons. The van der Waals surface area contributed by atoms with Gasteiger partial charge in [0.15, 0.2) is 6.61 Å². The minimum Gasteiger partial charge on any atom is -0.484 e. The van der Waals surface area contributed by atoms with Crippen molar-refractivity contribution in [3.8, 4) is 5.75 Å².